The molecule has 0 amide bonds. The first kappa shape index (κ1) is 19.9. The fourth-order valence-corrected chi connectivity index (χ4v) is 3.70. The largest absolute Gasteiger partial charge is 0.455 e. The van der Waals surface area contributed by atoms with E-state index in [1.807, 2.05) is 6.07 Å². The lowest BCUT2D eigenvalue weighted by atomic mass is 10.1. The SMILES string of the molecule is Cn1c(Cc2ccc(F)cc2)ncc(-c2ccc(Oc3ccnc4c3CCN4)cn2)c1=O. The van der Waals surface area contributed by atoms with Crippen LogP contribution in [0.2, 0.25) is 0 Å². The molecule has 0 fully saturated rings. The molecular weight excluding hydrogens is 409 g/mol. The highest BCUT2D eigenvalue weighted by molar-refractivity contribution is 5.59. The molecule has 0 saturated carbocycles. The van der Waals surface area contributed by atoms with Crippen LogP contribution in [0.3, 0.4) is 0 Å². The predicted octanol–water partition coefficient (Wildman–Crippen LogP) is 3.73. The first-order valence-electron chi connectivity index (χ1n) is 10.2. The Morgan fingerprint density at radius 2 is 1.91 bits per heavy atom. The summed E-state index contributed by atoms with van der Waals surface area (Å²) in [6.07, 6.45) is 6.12. The second kappa shape index (κ2) is 8.22. The van der Waals surface area contributed by atoms with E-state index in [2.05, 4.69) is 20.3 Å². The van der Waals surface area contributed by atoms with Crippen LogP contribution in [-0.4, -0.2) is 26.1 Å². The van der Waals surface area contributed by atoms with Crippen LogP contribution >= 0.6 is 0 Å². The fourth-order valence-electron chi connectivity index (χ4n) is 3.70. The molecule has 0 saturated heterocycles. The van der Waals surface area contributed by atoms with Gasteiger partial charge in [0.05, 0.1) is 17.5 Å². The number of rotatable bonds is 5. The molecule has 0 aliphatic carbocycles. The third kappa shape index (κ3) is 3.82. The lowest BCUT2D eigenvalue weighted by Gasteiger charge is -2.11. The van der Waals surface area contributed by atoms with Crippen molar-refractivity contribution in [2.75, 3.05) is 11.9 Å². The number of pyridine rings is 2. The molecule has 3 aromatic heterocycles. The van der Waals surface area contributed by atoms with Crippen molar-refractivity contribution in [1.82, 2.24) is 19.5 Å². The molecule has 1 aliphatic rings. The van der Waals surface area contributed by atoms with Crippen molar-refractivity contribution in [1.29, 1.82) is 0 Å². The van der Waals surface area contributed by atoms with Gasteiger partial charge in [0.1, 0.15) is 29.0 Å². The highest BCUT2D eigenvalue weighted by Gasteiger charge is 2.17. The van der Waals surface area contributed by atoms with Crippen molar-refractivity contribution >= 4 is 5.82 Å². The van der Waals surface area contributed by atoms with Crippen LogP contribution < -0.4 is 15.6 Å². The predicted molar refractivity (Wildman–Crippen MR) is 118 cm³/mol. The molecule has 0 bridgehead atoms. The third-order valence-electron chi connectivity index (χ3n) is 5.46. The van der Waals surface area contributed by atoms with Gasteiger partial charge in [0.2, 0.25) is 0 Å². The van der Waals surface area contributed by atoms with Gasteiger partial charge in [-0.15, -0.1) is 0 Å². The average molecular weight is 429 g/mol. The summed E-state index contributed by atoms with van der Waals surface area (Å²) in [5.41, 5.74) is 2.64. The zero-order chi connectivity index (χ0) is 22.1. The molecule has 8 heteroatoms. The van der Waals surface area contributed by atoms with E-state index in [-0.39, 0.29) is 11.4 Å². The number of fused-ring (bicyclic) bond motifs is 1. The van der Waals surface area contributed by atoms with E-state index in [9.17, 15) is 9.18 Å². The summed E-state index contributed by atoms with van der Waals surface area (Å²) < 4.78 is 20.6. The maximum absolute atomic E-state index is 13.1. The standard InChI is InChI=1S/C24H20FN5O2/c1-30-22(12-15-2-4-16(25)5-3-15)29-14-19(24(30)31)20-7-6-17(13-28-20)32-21-9-11-27-23-18(21)8-10-26-23/h2-7,9,11,13-14H,8,10,12H2,1H3,(H,26,27). The Labute approximate surface area is 183 Å². The molecule has 0 radical (unpaired) electrons. The van der Waals surface area contributed by atoms with Crippen LogP contribution in [0.4, 0.5) is 10.2 Å². The number of halogens is 1. The summed E-state index contributed by atoms with van der Waals surface area (Å²) in [5.74, 6) is 2.46. The van der Waals surface area contributed by atoms with Crippen molar-refractivity contribution in [3.8, 4) is 22.8 Å². The fraction of sp³-hybridized carbons (Fsp3) is 0.167. The molecule has 0 spiro atoms. The number of anilines is 1. The second-order valence-electron chi connectivity index (χ2n) is 7.55. The topological polar surface area (TPSA) is 81.9 Å². The van der Waals surface area contributed by atoms with Crippen LogP contribution in [0.15, 0.2) is 65.8 Å². The normalized spacial score (nSPS) is 12.3. The van der Waals surface area contributed by atoms with Crippen LogP contribution in [-0.2, 0) is 19.9 Å². The van der Waals surface area contributed by atoms with Gasteiger partial charge < -0.3 is 10.1 Å². The van der Waals surface area contributed by atoms with E-state index in [1.165, 1.54) is 22.9 Å². The van der Waals surface area contributed by atoms with Crippen LogP contribution in [0.5, 0.6) is 11.5 Å². The van der Waals surface area contributed by atoms with Crippen LogP contribution in [0, 0.1) is 5.82 Å². The molecule has 0 unspecified atom stereocenters. The average Bonchev–Trinajstić information content (AvgIpc) is 3.29. The van der Waals surface area contributed by atoms with Crippen molar-refractivity contribution in [2.24, 2.45) is 7.05 Å². The first-order valence-corrected chi connectivity index (χ1v) is 10.2. The highest BCUT2D eigenvalue weighted by Crippen LogP contribution is 2.32. The van der Waals surface area contributed by atoms with Crippen molar-refractivity contribution in [3.63, 3.8) is 0 Å². The molecule has 32 heavy (non-hydrogen) atoms. The summed E-state index contributed by atoms with van der Waals surface area (Å²) in [6.45, 7) is 0.841. The van der Waals surface area contributed by atoms with Gasteiger partial charge in [-0.1, -0.05) is 12.1 Å². The molecule has 7 nitrogen and oxygen atoms in total. The molecule has 1 aliphatic heterocycles. The summed E-state index contributed by atoms with van der Waals surface area (Å²) in [7, 11) is 1.67. The molecule has 5 rings (SSSR count). The Kier molecular flexibility index (Phi) is 5.10. The van der Waals surface area contributed by atoms with Crippen molar-refractivity contribution < 1.29 is 9.13 Å². The summed E-state index contributed by atoms with van der Waals surface area (Å²) in [6, 6.07) is 11.5. The van der Waals surface area contributed by atoms with Gasteiger partial charge in [-0.05, 0) is 42.3 Å². The van der Waals surface area contributed by atoms with Crippen molar-refractivity contribution in [3.05, 3.63) is 94.2 Å². The van der Waals surface area contributed by atoms with E-state index in [0.29, 0.717) is 29.3 Å². The van der Waals surface area contributed by atoms with E-state index < -0.39 is 0 Å². The summed E-state index contributed by atoms with van der Waals surface area (Å²) in [4.78, 5) is 26.1. The molecule has 160 valence electrons. The zero-order valence-corrected chi connectivity index (χ0v) is 17.4. The van der Waals surface area contributed by atoms with Crippen molar-refractivity contribution in [2.45, 2.75) is 12.8 Å². The molecular formula is C24H20FN5O2. The van der Waals surface area contributed by atoms with Gasteiger partial charge in [-0.2, -0.15) is 0 Å². The maximum atomic E-state index is 13.1. The van der Waals surface area contributed by atoms with E-state index in [1.54, 1.807) is 43.7 Å². The molecule has 1 N–H and O–H groups in total. The molecule has 4 aromatic rings. The number of nitrogens with one attached hydrogen (secondary N) is 1. The van der Waals surface area contributed by atoms with Gasteiger partial charge in [0, 0.05) is 38.0 Å². The van der Waals surface area contributed by atoms with Crippen LogP contribution in [0.1, 0.15) is 17.0 Å². The highest BCUT2D eigenvalue weighted by atomic mass is 19.1. The monoisotopic (exact) mass is 429 g/mol. The van der Waals surface area contributed by atoms with Gasteiger partial charge in [-0.3, -0.25) is 14.3 Å². The Bertz CT molecular complexity index is 1330. The molecule has 0 atom stereocenters. The first-order chi connectivity index (χ1) is 15.6. The minimum Gasteiger partial charge on any atom is -0.455 e. The lowest BCUT2D eigenvalue weighted by Crippen LogP contribution is -2.24. The van der Waals surface area contributed by atoms with E-state index >= 15 is 0 Å². The lowest BCUT2D eigenvalue weighted by molar-refractivity contribution is 0.475. The number of hydrogen-bond donors (Lipinski definition) is 1. The maximum Gasteiger partial charge on any atom is 0.262 e. The summed E-state index contributed by atoms with van der Waals surface area (Å²) in [5, 5.41) is 3.22. The smallest absolute Gasteiger partial charge is 0.262 e. The summed E-state index contributed by atoms with van der Waals surface area (Å²) >= 11 is 0. The van der Waals surface area contributed by atoms with Gasteiger partial charge in [0.25, 0.3) is 5.56 Å². The Balaban J connectivity index is 1.37. The number of aromatic nitrogens is 4. The Morgan fingerprint density at radius 1 is 1.06 bits per heavy atom. The number of nitrogens with zero attached hydrogens (tertiary/aromatic N) is 4. The van der Waals surface area contributed by atoms with Gasteiger partial charge >= 0.3 is 0 Å². The van der Waals surface area contributed by atoms with E-state index in [4.69, 9.17) is 4.74 Å². The Hall–Kier alpha value is -4.07. The number of hydrogen-bond acceptors (Lipinski definition) is 6. The Morgan fingerprint density at radius 3 is 2.69 bits per heavy atom. The van der Waals surface area contributed by atoms with Gasteiger partial charge in [-0.25, -0.2) is 14.4 Å². The molecule has 1 aromatic carbocycles. The zero-order valence-electron chi connectivity index (χ0n) is 17.4. The number of ether oxygens (including phenoxy) is 1. The minimum atomic E-state index is -0.297. The van der Waals surface area contributed by atoms with Gasteiger partial charge in [0.15, 0.2) is 0 Å². The quantitative estimate of drug-likeness (QED) is 0.521. The second-order valence-corrected chi connectivity index (χ2v) is 7.55. The van der Waals surface area contributed by atoms with Crippen LogP contribution in [0.25, 0.3) is 11.3 Å². The third-order valence-corrected chi connectivity index (χ3v) is 5.46. The number of benzene rings is 1. The minimum absolute atomic E-state index is 0.198. The van der Waals surface area contributed by atoms with E-state index in [0.717, 1.165) is 35.7 Å². The molecule has 4 heterocycles.